The minimum Gasteiger partial charge on any atom is -0.490 e. The fraction of sp³-hybridized carbons (Fsp3) is 0.548. The van der Waals surface area contributed by atoms with Crippen LogP contribution in [0.2, 0.25) is 0 Å². The summed E-state index contributed by atoms with van der Waals surface area (Å²) in [6.45, 7) is 4.96. The Morgan fingerprint density at radius 1 is 1.21 bits per heavy atom. The molecule has 228 valence electrons. The number of piperidine rings is 1. The zero-order valence-electron chi connectivity index (χ0n) is 24.7. The lowest BCUT2D eigenvalue weighted by Gasteiger charge is -2.33. The van der Waals surface area contributed by atoms with Crippen LogP contribution < -0.4 is 14.8 Å². The van der Waals surface area contributed by atoms with Crippen LogP contribution in [0.25, 0.3) is 0 Å². The Morgan fingerprint density at radius 3 is 2.79 bits per heavy atom. The number of aliphatic hydroxyl groups is 1. The van der Waals surface area contributed by atoms with Crippen molar-refractivity contribution < 1.29 is 33.7 Å². The summed E-state index contributed by atoms with van der Waals surface area (Å²) >= 11 is 0. The second-order valence-corrected chi connectivity index (χ2v) is 11.2. The van der Waals surface area contributed by atoms with Crippen LogP contribution in [0.15, 0.2) is 29.4 Å². The first-order chi connectivity index (χ1) is 20.3. The summed E-state index contributed by atoms with van der Waals surface area (Å²) in [5.74, 6) is 1.13. The fourth-order valence-electron chi connectivity index (χ4n) is 5.37. The molecule has 2 aliphatic rings. The van der Waals surface area contributed by atoms with Gasteiger partial charge in [0.15, 0.2) is 17.8 Å². The first-order valence-electron chi connectivity index (χ1n) is 14.7. The molecule has 2 N–H and O–H groups in total. The second-order valence-electron chi connectivity index (χ2n) is 11.2. The molecule has 0 aliphatic carbocycles. The predicted octanol–water partition coefficient (Wildman–Crippen LogP) is 4.17. The van der Waals surface area contributed by atoms with E-state index in [0.29, 0.717) is 47.3 Å². The largest absolute Gasteiger partial charge is 0.490 e. The quantitative estimate of drug-likeness (QED) is 0.206. The highest BCUT2D eigenvalue weighted by atomic mass is 16.7. The van der Waals surface area contributed by atoms with Gasteiger partial charge >= 0.3 is 0 Å². The van der Waals surface area contributed by atoms with Gasteiger partial charge in [0.25, 0.3) is 0 Å². The van der Waals surface area contributed by atoms with Crippen LogP contribution in [-0.4, -0.2) is 77.6 Å². The molecule has 3 heterocycles. The van der Waals surface area contributed by atoms with Crippen LogP contribution in [0.3, 0.4) is 0 Å². The van der Waals surface area contributed by atoms with Crippen LogP contribution in [0.1, 0.15) is 67.9 Å². The number of benzene rings is 1. The van der Waals surface area contributed by atoms with E-state index in [1.165, 1.54) is 0 Å². The molecular formula is C31H42N4O7. The van der Waals surface area contributed by atoms with E-state index in [4.69, 9.17) is 19.2 Å². The number of amides is 2. The number of aryl methyl sites for hydroxylation is 2. The van der Waals surface area contributed by atoms with Crippen LogP contribution in [0, 0.1) is 12.8 Å². The zero-order valence-corrected chi connectivity index (χ0v) is 24.7. The maximum Gasteiger partial charge on any atom is 0.224 e. The third kappa shape index (κ3) is 8.42. The van der Waals surface area contributed by atoms with E-state index in [0.717, 1.165) is 50.5 Å². The van der Waals surface area contributed by atoms with Crippen molar-refractivity contribution in [1.82, 2.24) is 9.47 Å². The molecule has 0 bridgehead atoms. The second kappa shape index (κ2) is 15.0. The average Bonchev–Trinajstić information content (AvgIpc) is 3.33. The van der Waals surface area contributed by atoms with Crippen molar-refractivity contribution in [2.45, 2.75) is 77.2 Å². The molecule has 2 saturated heterocycles. The van der Waals surface area contributed by atoms with Crippen molar-refractivity contribution >= 4 is 36.2 Å². The number of hydrogen-bond acceptors (Lipinski definition) is 8. The van der Waals surface area contributed by atoms with Gasteiger partial charge < -0.3 is 34.1 Å². The number of aldehydes is 1. The van der Waals surface area contributed by atoms with Gasteiger partial charge in [-0.3, -0.25) is 19.4 Å². The topological polar surface area (TPSA) is 132 Å². The molecule has 2 aromatic rings. The first-order valence-corrected chi connectivity index (χ1v) is 14.7. The number of carbonyl (C=O) groups is 3. The molecule has 42 heavy (non-hydrogen) atoms. The molecule has 2 fully saturated rings. The van der Waals surface area contributed by atoms with Crippen LogP contribution in [0.5, 0.6) is 11.5 Å². The number of aliphatic imine (C=N–C) groups is 1. The van der Waals surface area contributed by atoms with E-state index in [2.05, 4.69) is 12.2 Å². The summed E-state index contributed by atoms with van der Waals surface area (Å²) in [6, 6.07) is 5.25. The van der Waals surface area contributed by atoms with E-state index in [1.54, 1.807) is 28.8 Å². The maximum absolute atomic E-state index is 12.5. The average molecular weight is 583 g/mol. The summed E-state index contributed by atoms with van der Waals surface area (Å²) in [5, 5.41) is 12.4. The number of ether oxygens (including phenoxy) is 3. The van der Waals surface area contributed by atoms with Crippen LogP contribution >= 0.6 is 0 Å². The molecule has 2 amide bonds. The molecular weight excluding hydrogens is 540 g/mol. The molecule has 4 rings (SSSR count). The summed E-state index contributed by atoms with van der Waals surface area (Å²) < 4.78 is 20.0. The van der Waals surface area contributed by atoms with Gasteiger partial charge in [-0.2, -0.15) is 0 Å². The highest BCUT2D eigenvalue weighted by Crippen LogP contribution is 2.37. The molecule has 11 heteroatoms. The third-order valence-electron chi connectivity index (χ3n) is 7.70. The first kappa shape index (κ1) is 31.2. The van der Waals surface area contributed by atoms with Crippen molar-refractivity contribution in [3.8, 4) is 11.5 Å². The number of anilines is 1. The predicted molar refractivity (Wildman–Crippen MR) is 159 cm³/mol. The van der Waals surface area contributed by atoms with E-state index < -0.39 is 6.29 Å². The Morgan fingerprint density at radius 2 is 2.05 bits per heavy atom. The monoisotopic (exact) mass is 582 g/mol. The number of nitrogens with one attached hydrogen (secondary N) is 1. The number of likely N-dealkylation sites (tertiary alicyclic amines) is 1. The molecule has 4 atom stereocenters. The normalized spacial score (nSPS) is 22.6. The lowest BCUT2D eigenvalue weighted by atomic mass is 9.97. The number of hydrogen-bond donors (Lipinski definition) is 2. The van der Waals surface area contributed by atoms with Gasteiger partial charge in [-0.05, 0) is 62.6 Å². The number of nitrogens with zero attached hydrogens (tertiary/aromatic N) is 3. The van der Waals surface area contributed by atoms with E-state index in [9.17, 15) is 19.5 Å². The molecule has 1 aromatic carbocycles. The lowest BCUT2D eigenvalue weighted by molar-refractivity contribution is -0.171. The van der Waals surface area contributed by atoms with Gasteiger partial charge in [0.1, 0.15) is 0 Å². The molecule has 0 unspecified atom stereocenters. The summed E-state index contributed by atoms with van der Waals surface area (Å²) in [6.07, 6.45) is 9.36. The zero-order chi connectivity index (χ0) is 30.1. The molecule has 1 aromatic heterocycles. The van der Waals surface area contributed by atoms with E-state index in [-0.39, 0.29) is 37.7 Å². The Balaban J connectivity index is 1.44. The van der Waals surface area contributed by atoms with Crippen molar-refractivity contribution in [2.24, 2.45) is 18.0 Å². The van der Waals surface area contributed by atoms with Gasteiger partial charge in [-0.25, -0.2) is 0 Å². The SMILES string of the molecule is Cc1cc(O[C@H]2C[C@@H](C)C[C@@H](CO)O2)c(OCCCC(=O)Nc2cc(C=O)n(C)c2)cc1N=C[C@@H]1CCCCN1C=O. The number of aliphatic hydroxyl groups excluding tert-OH is 1. The summed E-state index contributed by atoms with van der Waals surface area (Å²) in [4.78, 5) is 41.5. The van der Waals surface area contributed by atoms with Gasteiger partial charge in [0.2, 0.25) is 18.6 Å². The molecule has 0 saturated carbocycles. The summed E-state index contributed by atoms with van der Waals surface area (Å²) in [7, 11) is 1.74. The molecule has 11 nitrogen and oxygen atoms in total. The number of carbonyl (C=O) groups excluding carboxylic acids is 3. The lowest BCUT2D eigenvalue weighted by Crippen LogP contribution is -2.39. The van der Waals surface area contributed by atoms with Gasteiger partial charge in [-0.15, -0.1) is 0 Å². The molecule has 0 spiro atoms. The fourth-order valence-corrected chi connectivity index (χ4v) is 5.37. The molecule has 0 radical (unpaired) electrons. The van der Waals surface area contributed by atoms with Crippen molar-refractivity contribution in [2.75, 3.05) is 25.1 Å². The Bertz CT molecular complexity index is 1260. The number of aromatic nitrogens is 1. The highest BCUT2D eigenvalue weighted by Gasteiger charge is 2.29. The smallest absolute Gasteiger partial charge is 0.224 e. The maximum atomic E-state index is 12.5. The third-order valence-corrected chi connectivity index (χ3v) is 7.70. The minimum atomic E-state index is -0.529. The van der Waals surface area contributed by atoms with E-state index >= 15 is 0 Å². The Hall–Kier alpha value is -3.70. The number of rotatable bonds is 13. The van der Waals surface area contributed by atoms with Gasteiger partial charge in [-0.1, -0.05) is 6.92 Å². The van der Waals surface area contributed by atoms with Gasteiger partial charge in [0, 0.05) is 44.9 Å². The summed E-state index contributed by atoms with van der Waals surface area (Å²) in [5.41, 5.74) is 2.62. The Labute approximate surface area is 246 Å². The van der Waals surface area contributed by atoms with Crippen LogP contribution in [-0.2, 0) is 21.4 Å². The van der Waals surface area contributed by atoms with E-state index in [1.807, 2.05) is 25.3 Å². The standard InChI is InChI=1S/C31H42N4O7/c1-21-11-26(19-37)41-31(12-21)42-29-13-22(2)27(32-16-24-7-4-5-9-35(24)20-38)15-28(29)40-10-6-8-30(39)33-23-14-25(18-36)34(3)17-23/h13-18,20-21,24,26,31,37H,4-12,19H2,1-3H3,(H,33,39)/t21-,24-,26-,31-/m0/s1. The van der Waals surface area contributed by atoms with Gasteiger partial charge in [0.05, 0.1) is 42.4 Å². The molecule has 2 aliphatic heterocycles. The Kier molecular flexibility index (Phi) is 11.1. The van der Waals surface area contributed by atoms with Crippen molar-refractivity contribution in [3.63, 3.8) is 0 Å². The van der Waals surface area contributed by atoms with Crippen molar-refractivity contribution in [1.29, 1.82) is 0 Å². The highest BCUT2D eigenvalue weighted by molar-refractivity contribution is 5.91. The minimum absolute atomic E-state index is 0.0470. The van der Waals surface area contributed by atoms with Crippen molar-refractivity contribution in [3.05, 3.63) is 35.7 Å². The van der Waals surface area contributed by atoms with Crippen LogP contribution in [0.4, 0.5) is 11.4 Å².